The predicted molar refractivity (Wildman–Crippen MR) is 83.8 cm³/mol. The number of pyridine rings is 1. The molecule has 0 spiro atoms. The van der Waals surface area contributed by atoms with Gasteiger partial charge in [-0.05, 0) is 55.5 Å². The van der Waals surface area contributed by atoms with Crippen molar-refractivity contribution in [1.82, 2.24) is 4.57 Å². The van der Waals surface area contributed by atoms with Gasteiger partial charge in [0, 0.05) is 18.8 Å². The first-order chi connectivity index (χ1) is 10.2. The number of phenols is 1. The normalized spacial score (nSPS) is 17.3. The van der Waals surface area contributed by atoms with Gasteiger partial charge >= 0.3 is 0 Å². The number of nitrogens with zero attached hydrogens (tertiary/aromatic N) is 1. The van der Waals surface area contributed by atoms with Crippen LogP contribution in [0.2, 0.25) is 0 Å². The third kappa shape index (κ3) is 2.79. The van der Waals surface area contributed by atoms with E-state index in [9.17, 15) is 9.90 Å². The van der Waals surface area contributed by atoms with Crippen LogP contribution in [0.15, 0.2) is 41.3 Å². The molecule has 1 unspecified atom stereocenters. The Hall–Kier alpha value is -2.23. The Bertz CT molecular complexity index is 706. The summed E-state index contributed by atoms with van der Waals surface area (Å²) in [4.78, 5) is 11.6. The second-order valence-electron chi connectivity index (χ2n) is 5.51. The van der Waals surface area contributed by atoms with Crippen LogP contribution in [0.4, 0.5) is 5.69 Å². The molecule has 2 N–H and O–H groups in total. The van der Waals surface area contributed by atoms with Crippen molar-refractivity contribution in [3.63, 3.8) is 0 Å². The molecule has 0 saturated carbocycles. The maximum Gasteiger partial charge on any atom is 0.250 e. The van der Waals surface area contributed by atoms with Crippen LogP contribution in [0.1, 0.15) is 36.9 Å². The van der Waals surface area contributed by atoms with E-state index in [0.717, 1.165) is 30.5 Å². The maximum absolute atomic E-state index is 11.6. The Morgan fingerprint density at radius 3 is 3.00 bits per heavy atom. The molecule has 3 rings (SSSR count). The Balaban J connectivity index is 1.90. The molecule has 0 amide bonds. The highest BCUT2D eigenvalue weighted by Crippen LogP contribution is 2.34. The fourth-order valence-electron chi connectivity index (χ4n) is 3.00. The van der Waals surface area contributed by atoms with Crippen LogP contribution in [0.25, 0.3) is 0 Å². The molecule has 0 fully saturated rings. The molecule has 1 aromatic carbocycles. The molecule has 1 aliphatic carbocycles. The van der Waals surface area contributed by atoms with E-state index in [0.29, 0.717) is 12.3 Å². The SMILES string of the molecule is CCn1cc(NC2CCCc3ccc(O)cc32)ccc1=O. The smallest absolute Gasteiger partial charge is 0.250 e. The van der Waals surface area contributed by atoms with Gasteiger partial charge in [0.05, 0.1) is 11.7 Å². The minimum absolute atomic E-state index is 0.0183. The highest BCUT2D eigenvalue weighted by Gasteiger charge is 2.20. The lowest BCUT2D eigenvalue weighted by atomic mass is 9.87. The van der Waals surface area contributed by atoms with Gasteiger partial charge in [0.25, 0.3) is 5.56 Å². The number of aromatic hydroxyl groups is 1. The number of aryl methyl sites for hydroxylation is 2. The van der Waals surface area contributed by atoms with E-state index in [4.69, 9.17) is 0 Å². The van der Waals surface area contributed by atoms with Gasteiger partial charge in [-0.15, -0.1) is 0 Å². The van der Waals surface area contributed by atoms with Crippen molar-refractivity contribution >= 4 is 5.69 Å². The van der Waals surface area contributed by atoms with Crippen LogP contribution in [-0.2, 0) is 13.0 Å². The number of hydrogen-bond donors (Lipinski definition) is 2. The molecule has 1 aromatic heterocycles. The van der Waals surface area contributed by atoms with E-state index < -0.39 is 0 Å². The number of rotatable bonds is 3. The van der Waals surface area contributed by atoms with E-state index in [1.807, 2.05) is 31.3 Å². The Kier molecular flexibility index (Phi) is 3.69. The summed E-state index contributed by atoms with van der Waals surface area (Å²) in [6.45, 7) is 2.62. The molecule has 0 bridgehead atoms. The number of aromatic nitrogens is 1. The van der Waals surface area contributed by atoms with Gasteiger partial charge in [-0.2, -0.15) is 0 Å². The minimum atomic E-state index is 0.0183. The summed E-state index contributed by atoms with van der Waals surface area (Å²) >= 11 is 0. The zero-order valence-corrected chi connectivity index (χ0v) is 12.2. The summed E-state index contributed by atoms with van der Waals surface area (Å²) in [6, 6.07) is 9.21. The molecule has 4 nitrogen and oxygen atoms in total. The average molecular weight is 284 g/mol. The molecule has 110 valence electrons. The monoisotopic (exact) mass is 284 g/mol. The third-order valence-corrected chi connectivity index (χ3v) is 4.11. The van der Waals surface area contributed by atoms with Crippen molar-refractivity contribution < 1.29 is 5.11 Å². The van der Waals surface area contributed by atoms with E-state index in [1.54, 1.807) is 16.7 Å². The minimum Gasteiger partial charge on any atom is -0.508 e. The molecule has 0 saturated heterocycles. The van der Waals surface area contributed by atoms with Crippen LogP contribution < -0.4 is 10.9 Å². The molecule has 1 aliphatic rings. The number of fused-ring (bicyclic) bond motifs is 1. The Morgan fingerprint density at radius 2 is 2.19 bits per heavy atom. The fourth-order valence-corrected chi connectivity index (χ4v) is 3.00. The van der Waals surface area contributed by atoms with Crippen molar-refractivity contribution in [2.24, 2.45) is 0 Å². The van der Waals surface area contributed by atoms with Crippen LogP contribution in [0.3, 0.4) is 0 Å². The van der Waals surface area contributed by atoms with Crippen molar-refractivity contribution in [3.8, 4) is 5.75 Å². The zero-order chi connectivity index (χ0) is 14.8. The number of phenolic OH excluding ortho intramolecular Hbond substituents is 1. The van der Waals surface area contributed by atoms with Crippen molar-refractivity contribution in [3.05, 3.63) is 58.0 Å². The first-order valence-electron chi connectivity index (χ1n) is 7.46. The van der Waals surface area contributed by atoms with Gasteiger partial charge in [0.2, 0.25) is 0 Å². The highest BCUT2D eigenvalue weighted by molar-refractivity contribution is 5.47. The van der Waals surface area contributed by atoms with Crippen molar-refractivity contribution in [2.75, 3.05) is 5.32 Å². The van der Waals surface area contributed by atoms with Crippen molar-refractivity contribution in [1.29, 1.82) is 0 Å². The fraction of sp³-hybridized carbons (Fsp3) is 0.353. The summed E-state index contributed by atoms with van der Waals surface area (Å²) in [6.07, 6.45) is 5.08. The second kappa shape index (κ2) is 5.64. The Morgan fingerprint density at radius 1 is 1.33 bits per heavy atom. The first-order valence-corrected chi connectivity index (χ1v) is 7.46. The van der Waals surface area contributed by atoms with Gasteiger partial charge in [0.1, 0.15) is 5.75 Å². The van der Waals surface area contributed by atoms with Gasteiger partial charge in [-0.3, -0.25) is 4.79 Å². The number of benzene rings is 1. The van der Waals surface area contributed by atoms with Crippen LogP contribution in [0.5, 0.6) is 5.75 Å². The zero-order valence-electron chi connectivity index (χ0n) is 12.2. The largest absolute Gasteiger partial charge is 0.508 e. The topological polar surface area (TPSA) is 54.3 Å². The average Bonchev–Trinajstić information content (AvgIpc) is 2.50. The predicted octanol–water partition coefficient (Wildman–Crippen LogP) is 3.06. The molecule has 1 atom stereocenters. The van der Waals surface area contributed by atoms with Gasteiger partial charge in [0.15, 0.2) is 0 Å². The summed E-state index contributed by atoms with van der Waals surface area (Å²) in [5.74, 6) is 0.306. The standard InChI is InChI=1S/C17H20N2O2/c1-2-19-11-13(7-9-17(19)21)18-16-5-3-4-12-6-8-14(20)10-15(12)16/h6-11,16,18,20H,2-5H2,1H3. The molecule has 2 aromatic rings. The van der Waals surface area contributed by atoms with Gasteiger partial charge in [-0.25, -0.2) is 0 Å². The van der Waals surface area contributed by atoms with Crippen LogP contribution in [-0.4, -0.2) is 9.67 Å². The van der Waals surface area contributed by atoms with E-state index in [1.165, 1.54) is 5.56 Å². The lowest BCUT2D eigenvalue weighted by molar-refractivity contribution is 0.471. The molecule has 0 aliphatic heterocycles. The molecule has 21 heavy (non-hydrogen) atoms. The van der Waals surface area contributed by atoms with Crippen molar-refractivity contribution in [2.45, 2.75) is 38.8 Å². The second-order valence-corrected chi connectivity index (χ2v) is 5.51. The molecular weight excluding hydrogens is 264 g/mol. The number of nitrogens with one attached hydrogen (secondary N) is 1. The maximum atomic E-state index is 11.6. The van der Waals surface area contributed by atoms with E-state index >= 15 is 0 Å². The lowest BCUT2D eigenvalue weighted by Crippen LogP contribution is -2.21. The van der Waals surface area contributed by atoms with Gasteiger partial charge in [-0.1, -0.05) is 6.07 Å². The number of hydrogen-bond acceptors (Lipinski definition) is 3. The lowest BCUT2D eigenvalue weighted by Gasteiger charge is -2.27. The molecule has 4 heteroatoms. The quantitative estimate of drug-likeness (QED) is 0.910. The number of anilines is 1. The summed E-state index contributed by atoms with van der Waals surface area (Å²) in [5.41, 5.74) is 3.42. The molecular formula is C17H20N2O2. The Labute approximate surface area is 124 Å². The summed E-state index contributed by atoms with van der Waals surface area (Å²) in [7, 11) is 0. The summed E-state index contributed by atoms with van der Waals surface area (Å²) < 4.78 is 1.69. The molecule has 0 radical (unpaired) electrons. The van der Waals surface area contributed by atoms with Gasteiger partial charge < -0.3 is 15.0 Å². The van der Waals surface area contributed by atoms with Crippen LogP contribution >= 0.6 is 0 Å². The summed E-state index contributed by atoms with van der Waals surface area (Å²) in [5, 5.41) is 13.2. The molecule has 1 heterocycles. The van der Waals surface area contributed by atoms with E-state index in [-0.39, 0.29) is 11.6 Å². The third-order valence-electron chi connectivity index (χ3n) is 4.11. The van der Waals surface area contributed by atoms with Crippen LogP contribution in [0, 0.1) is 0 Å². The first kappa shape index (κ1) is 13.7. The van der Waals surface area contributed by atoms with E-state index in [2.05, 4.69) is 5.32 Å². The highest BCUT2D eigenvalue weighted by atomic mass is 16.3.